The van der Waals surface area contributed by atoms with E-state index in [0.717, 1.165) is 5.56 Å². The fraction of sp³-hybridized carbons (Fsp3) is 0.462. The van der Waals surface area contributed by atoms with E-state index in [-0.39, 0.29) is 30.1 Å². The highest BCUT2D eigenvalue weighted by Gasteiger charge is 2.28. The Bertz CT molecular complexity index is 568. The third-order valence-corrected chi connectivity index (χ3v) is 4.72. The van der Waals surface area contributed by atoms with Gasteiger partial charge in [-0.1, -0.05) is 12.1 Å². The van der Waals surface area contributed by atoms with Crippen LogP contribution in [0.15, 0.2) is 24.3 Å². The molecule has 1 aliphatic rings. The van der Waals surface area contributed by atoms with Crippen molar-refractivity contribution in [2.75, 3.05) is 18.1 Å². The highest BCUT2D eigenvalue weighted by atomic mass is 32.2. The molecule has 1 atom stereocenters. The number of carbonyl (C=O) groups excluding carboxylic acids is 1. The minimum Gasteiger partial charge on any atom is -0.484 e. The van der Waals surface area contributed by atoms with Crippen molar-refractivity contribution in [3.05, 3.63) is 29.8 Å². The van der Waals surface area contributed by atoms with E-state index in [2.05, 4.69) is 5.32 Å². The Hall–Kier alpha value is -1.56. The second kappa shape index (κ2) is 5.61. The molecule has 0 aliphatic carbocycles. The molecule has 1 amide bonds. The van der Waals surface area contributed by atoms with Gasteiger partial charge in [0.05, 0.1) is 11.5 Å². The first kappa shape index (κ1) is 13.9. The highest BCUT2D eigenvalue weighted by Crippen LogP contribution is 2.13. The van der Waals surface area contributed by atoms with Crippen molar-refractivity contribution in [2.24, 2.45) is 0 Å². The second-order valence-electron chi connectivity index (χ2n) is 4.77. The first-order valence-corrected chi connectivity index (χ1v) is 7.96. The Morgan fingerprint density at radius 1 is 1.47 bits per heavy atom. The first-order chi connectivity index (χ1) is 8.94. The van der Waals surface area contributed by atoms with Gasteiger partial charge in [0.1, 0.15) is 5.75 Å². The van der Waals surface area contributed by atoms with Crippen LogP contribution in [0.3, 0.4) is 0 Å². The van der Waals surface area contributed by atoms with Gasteiger partial charge < -0.3 is 10.1 Å². The molecular weight excluding hydrogens is 266 g/mol. The zero-order valence-electron chi connectivity index (χ0n) is 10.8. The van der Waals surface area contributed by atoms with Gasteiger partial charge in [-0.3, -0.25) is 4.79 Å². The number of sulfone groups is 1. The van der Waals surface area contributed by atoms with E-state index < -0.39 is 9.84 Å². The number of carbonyl (C=O) groups is 1. The SMILES string of the molecule is Cc1cccc(OCC(=O)N[C@H]2CCS(=O)(=O)C2)c1. The molecule has 0 aromatic heterocycles. The molecule has 1 heterocycles. The maximum Gasteiger partial charge on any atom is 0.258 e. The predicted octanol–water partition coefficient (Wildman–Crippen LogP) is 0.677. The van der Waals surface area contributed by atoms with E-state index in [1.165, 1.54) is 0 Å². The summed E-state index contributed by atoms with van der Waals surface area (Å²) in [7, 11) is -2.97. The van der Waals surface area contributed by atoms with Crippen LogP contribution in [-0.2, 0) is 14.6 Å². The number of amides is 1. The van der Waals surface area contributed by atoms with E-state index in [0.29, 0.717) is 12.2 Å². The van der Waals surface area contributed by atoms with Gasteiger partial charge in [-0.15, -0.1) is 0 Å². The molecule has 5 nitrogen and oxygen atoms in total. The smallest absolute Gasteiger partial charge is 0.258 e. The molecule has 1 N–H and O–H groups in total. The topological polar surface area (TPSA) is 72.5 Å². The zero-order chi connectivity index (χ0) is 13.9. The summed E-state index contributed by atoms with van der Waals surface area (Å²) < 4.78 is 27.9. The Morgan fingerprint density at radius 2 is 2.26 bits per heavy atom. The van der Waals surface area contributed by atoms with Gasteiger partial charge in [0.15, 0.2) is 16.4 Å². The van der Waals surface area contributed by atoms with Gasteiger partial charge >= 0.3 is 0 Å². The molecule has 0 spiro atoms. The lowest BCUT2D eigenvalue weighted by Gasteiger charge is -2.11. The van der Waals surface area contributed by atoms with Crippen molar-refractivity contribution in [3.8, 4) is 5.75 Å². The van der Waals surface area contributed by atoms with Crippen LogP contribution in [0.25, 0.3) is 0 Å². The molecular formula is C13H17NO4S. The van der Waals surface area contributed by atoms with Crippen LogP contribution in [0, 0.1) is 6.92 Å². The summed E-state index contributed by atoms with van der Waals surface area (Å²) in [5.74, 6) is 0.526. The standard InChI is InChI=1S/C13H17NO4S/c1-10-3-2-4-12(7-10)18-8-13(15)14-11-5-6-19(16,17)9-11/h2-4,7,11H,5-6,8-9H2,1H3,(H,14,15)/t11-/m0/s1. The van der Waals surface area contributed by atoms with Crippen molar-refractivity contribution < 1.29 is 17.9 Å². The number of ether oxygens (including phenoxy) is 1. The first-order valence-electron chi connectivity index (χ1n) is 6.14. The Balaban J connectivity index is 1.79. The van der Waals surface area contributed by atoms with Crippen LogP contribution >= 0.6 is 0 Å². The lowest BCUT2D eigenvalue weighted by atomic mass is 10.2. The average Bonchev–Trinajstić information content (AvgIpc) is 2.66. The minimum absolute atomic E-state index is 0.0309. The zero-order valence-corrected chi connectivity index (χ0v) is 11.6. The van der Waals surface area contributed by atoms with Crippen LogP contribution in [0.2, 0.25) is 0 Å². The van der Waals surface area contributed by atoms with E-state index in [9.17, 15) is 13.2 Å². The largest absolute Gasteiger partial charge is 0.484 e. The van der Waals surface area contributed by atoms with E-state index in [1.807, 2.05) is 25.1 Å². The fourth-order valence-electron chi connectivity index (χ4n) is 2.03. The summed E-state index contributed by atoms with van der Waals surface area (Å²) in [6.45, 7) is 1.84. The van der Waals surface area contributed by atoms with Crippen molar-refractivity contribution in [3.63, 3.8) is 0 Å². The second-order valence-corrected chi connectivity index (χ2v) is 7.00. The van der Waals surface area contributed by atoms with Gasteiger partial charge in [-0.05, 0) is 31.0 Å². The Morgan fingerprint density at radius 3 is 2.89 bits per heavy atom. The lowest BCUT2D eigenvalue weighted by molar-refractivity contribution is -0.123. The van der Waals surface area contributed by atoms with E-state index in [1.54, 1.807) is 6.07 Å². The number of nitrogens with one attached hydrogen (secondary N) is 1. The Labute approximate surface area is 112 Å². The quantitative estimate of drug-likeness (QED) is 0.882. The molecule has 0 unspecified atom stereocenters. The van der Waals surface area contributed by atoms with E-state index in [4.69, 9.17) is 4.74 Å². The predicted molar refractivity (Wildman–Crippen MR) is 71.9 cm³/mol. The number of hydrogen-bond donors (Lipinski definition) is 1. The number of aryl methyl sites for hydroxylation is 1. The van der Waals surface area contributed by atoms with E-state index >= 15 is 0 Å². The number of hydrogen-bond acceptors (Lipinski definition) is 4. The lowest BCUT2D eigenvalue weighted by Crippen LogP contribution is -2.38. The molecule has 1 saturated heterocycles. The third kappa shape index (κ3) is 4.24. The molecule has 6 heteroatoms. The summed E-state index contributed by atoms with van der Waals surface area (Å²) in [6, 6.07) is 7.13. The minimum atomic E-state index is -2.97. The van der Waals surface area contributed by atoms with Crippen molar-refractivity contribution in [2.45, 2.75) is 19.4 Å². The van der Waals surface area contributed by atoms with Crippen LogP contribution < -0.4 is 10.1 Å². The summed E-state index contributed by atoms with van der Waals surface area (Å²) in [5.41, 5.74) is 1.06. The van der Waals surface area contributed by atoms with Crippen LogP contribution in [0.4, 0.5) is 0 Å². The van der Waals surface area contributed by atoms with Crippen molar-refractivity contribution in [1.29, 1.82) is 0 Å². The molecule has 0 bridgehead atoms. The third-order valence-electron chi connectivity index (χ3n) is 2.96. The molecule has 1 aliphatic heterocycles. The molecule has 1 aromatic carbocycles. The van der Waals surface area contributed by atoms with Crippen LogP contribution in [-0.4, -0.2) is 38.5 Å². The molecule has 0 saturated carbocycles. The van der Waals surface area contributed by atoms with Gasteiger partial charge in [0, 0.05) is 6.04 Å². The van der Waals surface area contributed by atoms with Crippen molar-refractivity contribution >= 4 is 15.7 Å². The fourth-order valence-corrected chi connectivity index (χ4v) is 3.71. The molecule has 1 aromatic rings. The number of benzene rings is 1. The normalized spacial score (nSPS) is 21.0. The molecule has 19 heavy (non-hydrogen) atoms. The summed E-state index contributed by atoms with van der Waals surface area (Å²) in [5, 5.41) is 2.68. The Kier molecular flexibility index (Phi) is 4.09. The van der Waals surface area contributed by atoms with Gasteiger partial charge in [-0.2, -0.15) is 0 Å². The van der Waals surface area contributed by atoms with Crippen LogP contribution in [0.1, 0.15) is 12.0 Å². The summed E-state index contributed by atoms with van der Waals surface area (Å²) in [6.07, 6.45) is 0.485. The van der Waals surface area contributed by atoms with Crippen molar-refractivity contribution in [1.82, 2.24) is 5.32 Å². The number of rotatable bonds is 4. The summed E-state index contributed by atoms with van der Waals surface area (Å²) in [4.78, 5) is 11.6. The van der Waals surface area contributed by atoms with Gasteiger partial charge in [0.25, 0.3) is 5.91 Å². The van der Waals surface area contributed by atoms with Gasteiger partial charge in [0.2, 0.25) is 0 Å². The van der Waals surface area contributed by atoms with Crippen LogP contribution in [0.5, 0.6) is 5.75 Å². The van der Waals surface area contributed by atoms with Gasteiger partial charge in [-0.25, -0.2) is 8.42 Å². The summed E-state index contributed by atoms with van der Waals surface area (Å²) >= 11 is 0. The molecule has 0 radical (unpaired) electrons. The monoisotopic (exact) mass is 283 g/mol. The molecule has 104 valence electrons. The highest BCUT2D eigenvalue weighted by molar-refractivity contribution is 7.91. The average molecular weight is 283 g/mol. The maximum atomic E-state index is 11.6. The molecule has 1 fully saturated rings. The molecule has 2 rings (SSSR count). The maximum absolute atomic E-state index is 11.6.